The van der Waals surface area contributed by atoms with E-state index in [-0.39, 0.29) is 23.6 Å². The molecule has 29 heavy (non-hydrogen) atoms. The van der Waals surface area contributed by atoms with Crippen LogP contribution in [0, 0.1) is 5.92 Å². The Morgan fingerprint density at radius 3 is 2.79 bits per heavy atom. The summed E-state index contributed by atoms with van der Waals surface area (Å²) in [5.41, 5.74) is 0.825. The van der Waals surface area contributed by atoms with Crippen LogP contribution in [-0.4, -0.2) is 52.1 Å². The van der Waals surface area contributed by atoms with Crippen LogP contribution in [0.25, 0.3) is 10.9 Å². The molecule has 2 aromatic rings. The Morgan fingerprint density at radius 1 is 1.21 bits per heavy atom. The van der Waals surface area contributed by atoms with Crippen LogP contribution < -0.4 is 5.32 Å². The van der Waals surface area contributed by atoms with E-state index in [0.717, 1.165) is 10.9 Å². The second kappa shape index (κ2) is 7.99. The molecule has 0 bridgehead atoms. The van der Waals surface area contributed by atoms with Crippen molar-refractivity contribution in [2.24, 2.45) is 5.92 Å². The molecule has 4 rings (SSSR count). The van der Waals surface area contributed by atoms with Crippen LogP contribution in [0.4, 0.5) is 0 Å². The summed E-state index contributed by atoms with van der Waals surface area (Å²) in [5, 5.41) is 3.85. The summed E-state index contributed by atoms with van der Waals surface area (Å²) in [5.74, 6) is -0.663. The summed E-state index contributed by atoms with van der Waals surface area (Å²) in [7, 11) is 0. The summed E-state index contributed by atoms with van der Waals surface area (Å²) in [6.45, 7) is 4.16. The van der Waals surface area contributed by atoms with Crippen LogP contribution in [-0.2, 0) is 14.3 Å². The van der Waals surface area contributed by atoms with Gasteiger partial charge in [-0.15, -0.1) is 0 Å². The minimum Gasteiger partial charge on any atom is -0.358 e. The molecule has 2 fully saturated rings. The Kier molecular flexibility index (Phi) is 5.41. The maximum absolute atomic E-state index is 13.3. The van der Waals surface area contributed by atoms with E-state index in [4.69, 9.17) is 4.74 Å². The lowest BCUT2D eigenvalue weighted by molar-refractivity contribution is -0.143. The maximum atomic E-state index is 13.3. The molecule has 2 saturated heterocycles. The zero-order chi connectivity index (χ0) is 20.5. The number of aromatic nitrogens is 1. The molecular weight excluding hydrogens is 370 g/mol. The van der Waals surface area contributed by atoms with Crippen LogP contribution in [0.3, 0.4) is 0 Å². The van der Waals surface area contributed by atoms with Gasteiger partial charge in [0.05, 0.1) is 12.1 Å². The SMILES string of the molecule is CC[C@@H](C)C(=O)NC1CCO[C@H]2CC[C@H](C(=O)n3ccc4ccccc43)N2C1=O. The van der Waals surface area contributed by atoms with Gasteiger partial charge in [0.1, 0.15) is 18.3 Å². The van der Waals surface area contributed by atoms with E-state index >= 15 is 0 Å². The Bertz CT molecular complexity index is 937. The van der Waals surface area contributed by atoms with Crippen molar-refractivity contribution in [2.45, 2.75) is 57.8 Å². The lowest BCUT2D eigenvalue weighted by atomic mass is 10.1. The van der Waals surface area contributed by atoms with Crippen molar-refractivity contribution in [3.05, 3.63) is 36.5 Å². The van der Waals surface area contributed by atoms with Gasteiger partial charge in [-0.2, -0.15) is 0 Å². The van der Waals surface area contributed by atoms with Gasteiger partial charge in [-0.25, -0.2) is 0 Å². The van der Waals surface area contributed by atoms with Crippen molar-refractivity contribution >= 4 is 28.6 Å². The maximum Gasteiger partial charge on any atom is 0.253 e. The minimum absolute atomic E-state index is 0.136. The van der Waals surface area contributed by atoms with Gasteiger partial charge in [-0.3, -0.25) is 19.0 Å². The fraction of sp³-hybridized carbons (Fsp3) is 0.500. The predicted octanol–water partition coefficient (Wildman–Crippen LogP) is 2.55. The van der Waals surface area contributed by atoms with E-state index in [1.54, 1.807) is 15.7 Å². The molecule has 7 heteroatoms. The number of benzene rings is 1. The standard InChI is InChI=1S/C22H27N3O4/c1-3-14(2)20(26)23-16-11-13-29-19-9-8-18(25(19)21(16)27)22(28)24-12-10-15-6-4-5-7-17(15)24/h4-7,10,12,14,16,18-19H,3,8-9,11,13H2,1-2H3,(H,23,26)/t14-,16?,18-,19+/m1/s1. The molecule has 1 unspecified atom stereocenters. The molecule has 3 heterocycles. The zero-order valence-corrected chi connectivity index (χ0v) is 16.8. The Labute approximate surface area is 170 Å². The first-order valence-corrected chi connectivity index (χ1v) is 10.4. The molecule has 0 radical (unpaired) electrons. The first kappa shape index (κ1) is 19.6. The molecule has 1 N–H and O–H groups in total. The smallest absolute Gasteiger partial charge is 0.253 e. The fourth-order valence-electron chi connectivity index (χ4n) is 4.18. The average Bonchev–Trinajstić information content (AvgIpc) is 3.32. The zero-order valence-electron chi connectivity index (χ0n) is 16.8. The molecule has 2 aliphatic heterocycles. The monoisotopic (exact) mass is 397 g/mol. The van der Waals surface area contributed by atoms with Gasteiger partial charge >= 0.3 is 0 Å². The van der Waals surface area contributed by atoms with E-state index in [9.17, 15) is 14.4 Å². The first-order valence-electron chi connectivity index (χ1n) is 10.4. The van der Waals surface area contributed by atoms with Crippen molar-refractivity contribution in [2.75, 3.05) is 6.61 Å². The summed E-state index contributed by atoms with van der Waals surface area (Å²) in [6, 6.07) is 8.33. The largest absolute Gasteiger partial charge is 0.358 e. The number of amides is 2. The number of hydrogen-bond acceptors (Lipinski definition) is 4. The van der Waals surface area contributed by atoms with Gasteiger partial charge < -0.3 is 15.0 Å². The van der Waals surface area contributed by atoms with Gasteiger partial charge in [0.25, 0.3) is 5.91 Å². The Balaban J connectivity index is 1.58. The second-order valence-corrected chi connectivity index (χ2v) is 7.91. The molecule has 0 aliphatic carbocycles. The highest BCUT2D eigenvalue weighted by Gasteiger charge is 2.46. The van der Waals surface area contributed by atoms with Crippen LogP contribution >= 0.6 is 0 Å². The third-order valence-electron chi connectivity index (χ3n) is 6.10. The molecule has 154 valence electrons. The molecule has 1 aromatic carbocycles. The topological polar surface area (TPSA) is 80.6 Å². The van der Waals surface area contributed by atoms with Crippen molar-refractivity contribution in [3.8, 4) is 0 Å². The second-order valence-electron chi connectivity index (χ2n) is 7.91. The van der Waals surface area contributed by atoms with Gasteiger partial charge in [0, 0.05) is 23.9 Å². The van der Waals surface area contributed by atoms with Gasteiger partial charge in [0.2, 0.25) is 11.8 Å². The van der Waals surface area contributed by atoms with Gasteiger partial charge in [-0.05, 0) is 31.4 Å². The highest BCUT2D eigenvalue weighted by atomic mass is 16.5. The van der Waals surface area contributed by atoms with E-state index in [0.29, 0.717) is 32.3 Å². The van der Waals surface area contributed by atoms with E-state index in [2.05, 4.69) is 5.32 Å². The van der Waals surface area contributed by atoms with E-state index in [1.165, 1.54) is 0 Å². The molecule has 1 aromatic heterocycles. The van der Waals surface area contributed by atoms with E-state index in [1.807, 2.05) is 44.2 Å². The first-order chi connectivity index (χ1) is 14.0. The predicted molar refractivity (Wildman–Crippen MR) is 108 cm³/mol. The number of nitrogens with one attached hydrogen (secondary N) is 1. The lowest BCUT2D eigenvalue weighted by Gasteiger charge is -2.30. The lowest BCUT2D eigenvalue weighted by Crippen LogP contribution is -2.54. The number of rotatable bonds is 4. The molecule has 2 amide bonds. The quantitative estimate of drug-likeness (QED) is 0.860. The van der Waals surface area contributed by atoms with Crippen LogP contribution in [0.1, 0.15) is 44.3 Å². The third kappa shape index (κ3) is 3.55. The van der Waals surface area contributed by atoms with Gasteiger partial charge in [-0.1, -0.05) is 32.0 Å². The average molecular weight is 397 g/mol. The summed E-state index contributed by atoms with van der Waals surface area (Å²) in [6.07, 6.45) is 3.63. The number of ether oxygens (including phenoxy) is 1. The molecule has 0 saturated carbocycles. The molecule has 0 spiro atoms. The van der Waals surface area contributed by atoms with Crippen molar-refractivity contribution in [1.82, 2.24) is 14.8 Å². The highest BCUT2D eigenvalue weighted by Crippen LogP contribution is 2.30. The molecular formula is C22H27N3O4. The normalized spacial score (nSPS) is 25.5. The van der Waals surface area contributed by atoms with Crippen LogP contribution in [0.2, 0.25) is 0 Å². The fourth-order valence-corrected chi connectivity index (χ4v) is 4.18. The summed E-state index contributed by atoms with van der Waals surface area (Å²) >= 11 is 0. The number of fused-ring (bicyclic) bond motifs is 2. The molecule has 2 aliphatic rings. The van der Waals surface area contributed by atoms with Crippen molar-refractivity contribution < 1.29 is 19.1 Å². The van der Waals surface area contributed by atoms with Crippen molar-refractivity contribution in [3.63, 3.8) is 0 Å². The van der Waals surface area contributed by atoms with Crippen molar-refractivity contribution in [1.29, 1.82) is 0 Å². The van der Waals surface area contributed by atoms with Crippen LogP contribution in [0.15, 0.2) is 36.5 Å². The molecule has 4 atom stereocenters. The van der Waals surface area contributed by atoms with Gasteiger partial charge in [0.15, 0.2) is 0 Å². The Hall–Kier alpha value is -2.67. The summed E-state index contributed by atoms with van der Waals surface area (Å²) < 4.78 is 7.49. The number of hydrogen-bond donors (Lipinski definition) is 1. The number of carbonyl (C=O) groups excluding carboxylic acids is 3. The number of para-hydroxylation sites is 1. The van der Waals surface area contributed by atoms with Crippen LogP contribution in [0.5, 0.6) is 0 Å². The minimum atomic E-state index is -0.656. The number of carbonyl (C=O) groups is 3. The highest BCUT2D eigenvalue weighted by molar-refractivity contribution is 5.98. The molecule has 7 nitrogen and oxygen atoms in total. The third-order valence-corrected chi connectivity index (χ3v) is 6.10. The van der Waals surface area contributed by atoms with E-state index < -0.39 is 18.3 Å². The number of nitrogens with zero attached hydrogens (tertiary/aromatic N) is 2. The summed E-state index contributed by atoms with van der Waals surface area (Å²) in [4.78, 5) is 40.5. The Morgan fingerprint density at radius 2 is 2.00 bits per heavy atom.